The molecule has 96 valence electrons. The van der Waals surface area contributed by atoms with Crippen molar-refractivity contribution in [3.63, 3.8) is 0 Å². The maximum Gasteiger partial charge on any atom is 0.257 e. The molecule has 2 N–H and O–H groups in total. The Morgan fingerprint density at radius 3 is 2.61 bits per heavy atom. The van der Waals surface area contributed by atoms with Gasteiger partial charge in [-0.25, -0.2) is 0 Å². The average Bonchev–Trinajstić information content (AvgIpc) is 2.41. The molecule has 0 aromatic heterocycles. The quantitative estimate of drug-likeness (QED) is 0.605. The molecule has 1 aliphatic rings. The molecule has 1 aromatic rings. The van der Waals surface area contributed by atoms with Crippen LogP contribution in [0.4, 0.5) is 0 Å². The normalized spacial score (nSPS) is 15.6. The van der Waals surface area contributed by atoms with E-state index in [0.29, 0.717) is 36.7 Å². The Kier molecular flexibility index (Phi) is 3.72. The molecule has 2 rings (SSSR count). The van der Waals surface area contributed by atoms with Crippen LogP contribution in [-0.4, -0.2) is 39.9 Å². The lowest BCUT2D eigenvalue weighted by Gasteiger charge is -2.27. The highest BCUT2D eigenvalue weighted by Crippen LogP contribution is 2.24. The van der Waals surface area contributed by atoms with E-state index in [0.717, 1.165) is 0 Å². The molecule has 1 amide bonds. The van der Waals surface area contributed by atoms with Gasteiger partial charge in [-0.05, 0) is 18.2 Å². The van der Waals surface area contributed by atoms with E-state index in [2.05, 4.69) is 5.16 Å². The van der Waals surface area contributed by atoms with E-state index in [1.165, 1.54) is 18.2 Å². The minimum Gasteiger partial charge on any atom is -0.507 e. The average molecular weight is 269 g/mol. The van der Waals surface area contributed by atoms with Crippen molar-refractivity contribution in [3.05, 3.63) is 28.8 Å². The molecular weight excluding hydrogens is 256 g/mol. The molecule has 0 unspecified atom stereocenters. The second kappa shape index (κ2) is 5.27. The van der Waals surface area contributed by atoms with Crippen LogP contribution < -0.4 is 0 Å². The van der Waals surface area contributed by atoms with E-state index >= 15 is 0 Å². The van der Waals surface area contributed by atoms with Gasteiger partial charge in [0.25, 0.3) is 5.91 Å². The minimum absolute atomic E-state index is 0.0778. The largest absolute Gasteiger partial charge is 0.507 e. The van der Waals surface area contributed by atoms with Gasteiger partial charge in [-0.15, -0.1) is 0 Å². The number of piperidine rings is 1. The summed E-state index contributed by atoms with van der Waals surface area (Å²) in [6.45, 7) is 0.953. The fourth-order valence-electron chi connectivity index (χ4n) is 1.92. The zero-order chi connectivity index (χ0) is 13.1. The number of phenols is 1. The number of halogens is 1. The fourth-order valence-corrected chi connectivity index (χ4v) is 2.09. The summed E-state index contributed by atoms with van der Waals surface area (Å²) in [7, 11) is 0. The smallest absolute Gasteiger partial charge is 0.257 e. The predicted octanol–water partition coefficient (Wildman–Crippen LogP) is 2.11. The Hall–Kier alpha value is -1.75. The highest BCUT2D eigenvalue weighted by atomic mass is 35.5. The topological polar surface area (TPSA) is 73.1 Å². The van der Waals surface area contributed by atoms with Crippen LogP contribution in [0.25, 0.3) is 0 Å². The number of carbonyl (C=O) groups excluding carboxylic acids is 1. The number of carbonyl (C=O) groups is 1. The third-order valence-corrected chi connectivity index (χ3v) is 3.19. The highest BCUT2D eigenvalue weighted by molar-refractivity contribution is 6.31. The lowest BCUT2D eigenvalue weighted by atomic mass is 10.1. The first-order chi connectivity index (χ1) is 8.61. The van der Waals surface area contributed by atoms with Gasteiger partial charge < -0.3 is 15.2 Å². The molecular formula is C12H13ClN2O3. The monoisotopic (exact) mass is 268 g/mol. The molecule has 18 heavy (non-hydrogen) atoms. The molecule has 1 saturated heterocycles. The summed E-state index contributed by atoms with van der Waals surface area (Å²) in [6.07, 6.45) is 1.09. The van der Waals surface area contributed by atoms with Gasteiger partial charge in [-0.1, -0.05) is 16.8 Å². The van der Waals surface area contributed by atoms with Crippen molar-refractivity contribution >= 4 is 23.2 Å². The number of nitrogens with zero attached hydrogens (tertiary/aromatic N) is 2. The summed E-state index contributed by atoms with van der Waals surface area (Å²) >= 11 is 5.81. The zero-order valence-corrected chi connectivity index (χ0v) is 10.4. The highest BCUT2D eigenvalue weighted by Gasteiger charge is 2.23. The zero-order valence-electron chi connectivity index (χ0n) is 9.64. The summed E-state index contributed by atoms with van der Waals surface area (Å²) in [5.74, 6) is -0.335. The Labute approximate surface area is 109 Å². The Morgan fingerprint density at radius 1 is 1.33 bits per heavy atom. The summed E-state index contributed by atoms with van der Waals surface area (Å²) in [5.41, 5.74) is 0.890. The molecule has 0 atom stereocenters. The number of aromatic hydroxyl groups is 1. The number of oxime groups is 1. The molecule has 0 aliphatic carbocycles. The van der Waals surface area contributed by atoms with E-state index in [-0.39, 0.29) is 17.2 Å². The van der Waals surface area contributed by atoms with Crippen molar-refractivity contribution in [2.45, 2.75) is 12.8 Å². The molecule has 6 heteroatoms. The van der Waals surface area contributed by atoms with Crippen molar-refractivity contribution in [2.24, 2.45) is 5.16 Å². The summed E-state index contributed by atoms with van der Waals surface area (Å²) in [5, 5.41) is 21.9. The van der Waals surface area contributed by atoms with Crippen LogP contribution in [0, 0.1) is 0 Å². The minimum atomic E-state index is -0.257. The van der Waals surface area contributed by atoms with Crippen LogP contribution in [-0.2, 0) is 0 Å². The van der Waals surface area contributed by atoms with Crippen molar-refractivity contribution in [1.82, 2.24) is 4.90 Å². The maximum absolute atomic E-state index is 12.2. The van der Waals surface area contributed by atoms with E-state index in [1.54, 1.807) is 4.90 Å². The number of likely N-dealkylation sites (tertiary alicyclic amines) is 1. The van der Waals surface area contributed by atoms with Gasteiger partial charge >= 0.3 is 0 Å². The third-order valence-electron chi connectivity index (χ3n) is 2.96. The van der Waals surface area contributed by atoms with E-state index < -0.39 is 0 Å². The van der Waals surface area contributed by atoms with Crippen molar-refractivity contribution in [1.29, 1.82) is 0 Å². The molecule has 1 fully saturated rings. The van der Waals surface area contributed by atoms with E-state index in [1.807, 2.05) is 0 Å². The van der Waals surface area contributed by atoms with Crippen LogP contribution in [0.1, 0.15) is 23.2 Å². The Bertz CT molecular complexity index is 492. The molecule has 0 spiro atoms. The van der Waals surface area contributed by atoms with Crippen LogP contribution in [0.3, 0.4) is 0 Å². The number of benzene rings is 1. The molecule has 0 saturated carbocycles. The molecule has 5 nitrogen and oxygen atoms in total. The second-order valence-corrected chi connectivity index (χ2v) is 4.56. The van der Waals surface area contributed by atoms with Gasteiger partial charge in [-0.3, -0.25) is 4.79 Å². The summed E-state index contributed by atoms with van der Waals surface area (Å²) in [4.78, 5) is 13.8. The first-order valence-corrected chi connectivity index (χ1v) is 5.97. The van der Waals surface area contributed by atoms with Gasteiger partial charge in [0, 0.05) is 31.0 Å². The Balaban J connectivity index is 2.15. The number of hydrogen-bond donors (Lipinski definition) is 2. The lowest BCUT2D eigenvalue weighted by molar-refractivity contribution is 0.0750. The standard InChI is InChI=1S/C12H13ClN2O3/c13-8-1-2-11(16)10(7-8)12(17)15-5-3-9(14-18)4-6-15/h1-2,7,16,18H,3-6H2. The van der Waals surface area contributed by atoms with Gasteiger partial charge in [-0.2, -0.15) is 0 Å². The predicted molar refractivity (Wildman–Crippen MR) is 67.5 cm³/mol. The SMILES string of the molecule is O=C(c1cc(Cl)ccc1O)N1CCC(=NO)CC1. The summed E-state index contributed by atoms with van der Waals surface area (Å²) in [6, 6.07) is 4.38. The van der Waals surface area contributed by atoms with E-state index in [4.69, 9.17) is 16.8 Å². The second-order valence-electron chi connectivity index (χ2n) is 4.12. The first-order valence-electron chi connectivity index (χ1n) is 5.59. The van der Waals surface area contributed by atoms with Gasteiger partial charge in [0.2, 0.25) is 0 Å². The number of rotatable bonds is 1. The molecule has 1 aromatic carbocycles. The summed E-state index contributed by atoms with van der Waals surface area (Å²) < 4.78 is 0. The van der Waals surface area contributed by atoms with Crippen molar-refractivity contribution in [3.8, 4) is 5.75 Å². The molecule has 0 radical (unpaired) electrons. The van der Waals surface area contributed by atoms with Crippen LogP contribution >= 0.6 is 11.6 Å². The van der Waals surface area contributed by atoms with Crippen molar-refractivity contribution < 1.29 is 15.1 Å². The number of amides is 1. The number of hydrogen-bond acceptors (Lipinski definition) is 4. The van der Waals surface area contributed by atoms with Crippen LogP contribution in [0.2, 0.25) is 5.02 Å². The van der Waals surface area contributed by atoms with Gasteiger partial charge in [0.1, 0.15) is 5.75 Å². The Morgan fingerprint density at radius 2 is 2.00 bits per heavy atom. The van der Waals surface area contributed by atoms with Crippen LogP contribution in [0.15, 0.2) is 23.4 Å². The number of phenolic OH excluding ortho intramolecular Hbond substituents is 1. The first kappa shape index (κ1) is 12.7. The van der Waals surface area contributed by atoms with Crippen LogP contribution in [0.5, 0.6) is 5.75 Å². The molecule has 0 bridgehead atoms. The lowest BCUT2D eigenvalue weighted by Crippen LogP contribution is -2.38. The fraction of sp³-hybridized carbons (Fsp3) is 0.333. The van der Waals surface area contributed by atoms with E-state index in [9.17, 15) is 9.90 Å². The third kappa shape index (κ3) is 2.56. The van der Waals surface area contributed by atoms with Gasteiger partial charge in [0.05, 0.1) is 11.3 Å². The van der Waals surface area contributed by atoms with Crippen molar-refractivity contribution in [2.75, 3.05) is 13.1 Å². The molecule has 1 aliphatic heterocycles. The maximum atomic E-state index is 12.2. The molecule has 1 heterocycles. The van der Waals surface area contributed by atoms with Gasteiger partial charge in [0.15, 0.2) is 0 Å².